The molecule has 2 aliphatic rings. The predicted molar refractivity (Wildman–Crippen MR) is 72.3 cm³/mol. The van der Waals surface area contributed by atoms with E-state index in [1.165, 1.54) is 0 Å². The van der Waals surface area contributed by atoms with Crippen molar-refractivity contribution in [3.63, 3.8) is 0 Å². The van der Waals surface area contributed by atoms with Crippen molar-refractivity contribution >= 4 is 5.97 Å². The topological polar surface area (TPSA) is 67.8 Å². The van der Waals surface area contributed by atoms with Crippen molar-refractivity contribution in [2.45, 2.75) is 50.2 Å². The molecule has 0 bridgehead atoms. The molecule has 2 N–H and O–H groups in total. The molecule has 2 fully saturated rings. The molecule has 5 nitrogen and oxygen atoms in total. The summed E-state index contributed by atoms with van der Waals surface area (Å²) in [5, 5.41) is 10.5. The number of carboxylic acids is 1. The first-order valence-corrected chi connectivity index (χ1v) is 7.04. The van der Waals surface area contributed by atoms with E-state index in [9.17, 15) is 13.2 Å². The summed E-state index contributed by atoms with van der Waals surface area (Å²) < 4.78 is 43.1. The first-order valence-electron chi connectivity index (χ1n) is 7.04. The second kappa shape index (κ2) is 8.98. The highest BCUT2D eigenvalue weighted by atomic mass is 19.4. The van der Waals surface area contributed by atoms with Gasteiger partial charge in [-0.25, -0.2) is 4.79 Å². The lowest BCUT2D eigenvalue weighted by Gasteiger charge is -2.38. The van der Waals surface area contributed by atoms with Crippen LogP contribution in [-0.2, 0) is 14.3 Å². The maximum Gasteiger partial charge on any atom is 0.490 e. The van der Waals surface area contributed by atoms with Crippen LogP contribution in [0.1, 0.15) is 25.7 Å². The van der Waals surface area contributed by atoms with Crippen molar-refractivity contribution in [1.82, 2.24) is 5.32 Å². The molecule has 1 saturated heterocycles. The number of nitrogens with one attached hydrogen (secondary N) is 1. The third-order valence-corrected chi connectivity index (χ3v) is 3.37. The van der Waals surface area contributed by atoms with Crippen LogP contribution in [0.2, 0.25) is 0 Å². The van der Waals surface area contributed by atoms with Gasteiger partial charge in [0.05, 0.1) is 18.3 Å². The Hall–Kier alpha value is -1.30. The van der Waals surface area contributed by atoms with E-state index >= 15 is 0 Å². The maximum atomic E-state index is 10.6. The van der Waals surface area contributed by atoms with Gasteiger partial charge in [-0.05, 0) is 25.9 Å². The molecule has 0 aromatic rings. The van der Waals surface area contributed by atoms with Crippen LogP contribution in [0.3, 0.4) is 0 Å². The van der Waals surface area contributed by atoms with Gasteiger partial charge in [0, 0.05) is 12.8 Å². The SMILES string of the molecule is C#CCOC1CC(OC2CCNCC2)C1.O=C(O)C(F)(F)F. The number of alkyl halides is 3. The number of terminal acetylenes is 1. The molecule has 0 spiro atoms. The van der Waals surface area contributed by atoms with Crippen molar-refractivity contribution in [2.75, 3.05) is 19.7 Å². The van der Waals surface area contributed by atoms with Crippen LogP contribution in [-0.4, -0.2) is 55.3 Å². The normalized spacial score (nSPS) is 25.4. The summed E-state index contributed by atoms with van der Waals surface area (Å²) in [5.41, 5.74) is 0. The Labute approximate surface area is 127 Å². The minimum Gasteiger partial charge on any atom is -0.475 e. The van der Waals surface area contributed by atoms with E-state index in [0.29, 0.717) is 24.9 Å². The van der Waals surface area contributed by atoms with Gasteiger partial charge in [0.2, 0.25) is 0 Å². The van der Waals surface area contributed by atoms with Gasteiger partial charge in [-0.15, -0.1) is 6.42 Å². The monoisotopic (exact) mass is 323 g/mol. The van der Waals surface area contributed by atoms with Gasteiger partial charge in [-0.1, -0.05) is 5.92 Å². The summed E-state index contributed by atoms with van der Waals surface area (Å²) in [7, 11) is 0. The van der Waals surface area contributed by atoms with Crippen LogP contribution in [0.15, 0.2) is 0 Å². The maximum absolute atomic E-state index is 10.6. The first kappa shape index (κ1) is 18.7. The average Bonchev–Trinajstić information content (AvgIpc) is 2.42. The second-order valence-electron chi connectivity index (χ2n) is 5.12. The Morgan fingerprint density at radius 2 is 1.77 bits per heavy atom. The van der Waals surface area contributed by atoms with Crippen LogP contribution in [0.5, 0.6) is 0 Å². The molecular weight excluding hydrogens is 303 g/mol. The van der Waals surface area contributed by atoms with E-state index in [1.807, 2.05) is 0 Å². The molecule has 126 valence electrons. The van der Waals surface area contributed by atoms with Gasteiger partial charge in [0.1, 0.15) is 6.61 Å². The molecule has 0 unspecified atom stereocenters. The highest BCUT2D eigenvalue weighted by Gasteiger charge is 2.38. The van der Waals surface area contributed by atoms with Crippen LogP contribution in [0.25, 0.3) is 0 Å². The largest absolute Gasteiger partial charge is 0.490 e. The van der Waals surface area contributed by atoms with E-state index < -0.39 is 12.1 Å². The second-order valence-corrected chi connectivity index (χ2v) is 5.12. The molecule has 1 heterocycles. The molecule has 1 saturated carbocycles. The van der Waals surface area contributed by atoms with Crippen LogP contribution < -0.4 is 5.32 Å². The Bertz CT molecular complexity index is 383. The summed E-state index contributed by atoms with van der Waals surface area (Å²) in [6.07, 6.45) is 5.59. The summed E-state index contributed by atoms with van der Waals surface area (Å²) in [4.78, 5) is 8.90. The third-order valence-electron chi connectivity index (χ3n) is 3.37. The van der Waals surface area contributed by atoms with Crippen molar-refractivity contribution < 1.29 is 32.5 Å². The number of hydrogen-bond donors (Lipinski definition) is 2. The molecule has 0 amide bonds. The number of ether oxygens (including phenoxy) is 2. The predicted octanol–water partition coefficient (Wildman–Crippen LogP) is 1.57. The number of piperidine rings is 1. The minimum absolute atomic E-state index is 0.341. The Kier molecular flexibility index (Phi) is 7.65. The van der Waals surface area contributed by atoms with Crippen molar-refractivity contribution in [2.24, 2.45) is 0 Å². The lowest BCUT2D eigenvalue weighted by Crippen LogP contribution is -2.42. The fourth-order valence-corrected chi connectivity index (χ4v) is 2.13. The fourth-order valence-electron chi connectivity index (χ4n) is 2.13. The summed E-state index contributed by atoms with van der Waals surface area (Å²) in [5.74, 6) is -0.265. The molecular formula is C14H20F3NO4. The van der Waals surface area contributed by atoms with E-state index in [1.54, 1.807) is 0 Å². The first-order chi connectivity index (χ1) is 10.3. The van der Waals surface area contributed by atoms with Crippen molar-refractivity contribution in [1.29, 1.82) is 0 Å². The number of rotatable bonds is 4. The quantitative estimate of drug-likeness (QED) is 0.769. The highest BCUT2D eigenvalue weighted by Crippen LogP contribution is 2.28. The van der Waals surface area contributed by atoms with Gasteiger partial charge in [-0.3, -0.25) is 0 Å². The molecule has 22 heavy (non-hydrogen) atoms. The van der Waals surface area contributed by atoms with Gasteiger partial charge in [0.15, 0.2) is 0 Å². The Morgan fingerprint density at radius 1 is 1.23 bits per heavy atom. The van der Waals surface area contributed by atoms with E-state index in [4.69, 9.17) is 25.8 Å². The van der Waals surface area contributed by atoms with Crippen molar-refractivity contribution in [3.05, 3.63) is 0 Å². The minimum atomic E-state index is -5.08. The number of aliphatic carboxylic acids is 1. The zero-order valence-corrected chi connectivity index (χ0v) is 12.1. The molecule has 0 radical (unpaired) electrons. The van der Waals surface area contributed by atoms with Gasteiger partial charge in [-0.2, -0.15) is 13.2 Å². The lowest BCUT2D eigenvalue weighted by atomic mass is 9.91. The molecule has 8 heteroatoms. The summed E-state index contributed by atoms with van der Waals surface area (Å²) in [6, 6.07) is 0. The molecule has 0 atom stereocenters. The van der Waals surface area contributed by atoms with E-state index in [2.05, 4.69) is 11.2 Å². The Balaban J connectivity index is 0.000000295. The van der Waals surface area contributed by atoms with Crippen molar-refractivity contribution in [3.8, 4) is 12.3 Å². The third kappa shape index (κ3) is 7.11. The summed E-state index contributed by atoms with van der Waals surface area (Å²) >= 11 is 0. The number of hydrogen-bond acceptors (Lipinski definition) is 4. The van der Waals surface area contributed by atoms with Crippen LogP contribution in [0, 0.1) is 12.3 Å². The zero-order valence-electron chi connectivity index (χ0n) is 12.1. The van der Waals surface area contributed by atoms with E-state index in [-0.39, 0.29) is 0 Å². The zero-order chi connectivity index (χ0) is 16.6. The molecule has 2 rings (SSSR count). The molecule has 0 aromatic carbocycles. The Morgan fingerprint density at radius 3 is 2.23 bits per heavy atom. The number of carboxylic acid groups (broad SMARTS) is 1. The highest BCUT2D eigenvalue weighted by molar-refractivity contribution is 5.73. The van der Waals surface area contributed by atoms with Gasteiger partial charge < -0.3 is 19.9 Å². The fraction of sp³-hybridized carbons (Fsp3) is 0.786. The average molecular weight is 323 g/mol. The number of carbonyl (C=O) groups is 1. The van der Waals surface area contributed by atoms with Crippen LogP contribution >= 0.6 is 0 Å². The molecule has 0 aromatic heterocycles. The summed E-state index contributed by atoms with van der Waals surface area (Å²) in [6.45, 7) is 2.62. The number of halogens is 3. The smallest absolute Gasteiger partial charge is 0.475 e. The van der Waals surface area contributed by atoms with E-state index in [0.717, 1.165) is 38.8 Å². The van der Waals surface area contributed by atoms with Gasteiger partial charge in [0.25, 0.3) is 0 Å². The van der Waals surface area contributed by atoms with Gasteiger partial charge >= 0.3 is 12.1 Å². The molecule has 1 aliphatic heterocycles. The molecule has 1 aliphatic carbocycles. The standard InChI is InChI=1S/C12H19NO2.C2HF3O2/c1-2-7-14-11-8-12(9-11)15-10-3-5-13-6-4-10;3-2(4,5)1(6)7/h1,10-13H,3-9H2;(H,6,7). The van der Waals surface area contributed by atoms with Crippen LogP contribution in [0.4, 0.5) is 13.2 Å². The lowest BCUT2D eigenvalue weighted by molar-refractivity contribution is -0.192.